The Morgan fingerprint density at radius 3 is 2.52 bits per heavy atom. The third-order valence-electron chi connectivity index (χ3n) is 9.71. The molecule has 0 saturated heterocycles. The normalized spacial score (nSPS) is 52.7. The summed E-state index contributed by atoms with van der Waals surface area (Å²) in [6.07, 6.45) is 17.7. The summed E-state index contributed by atoms with van der Waals surface area (Å²) in [6, 6.07) is 0. The number of rotatable bonds is 2. The third kappa shape index (κ3) is 2.02. The standard InChI is InChI=1S/C23H38/c1-5-12-23-14-7-6-13-22(23,4)20-11-15-21(3)17(2)8-9-19(21)18(20)10-16-23/h18-20H,2,5-16H2,1,3-4H3. The molecule has 4 rings (SSSR count). The first-order valence-corrected chi connectivity index (χ1v) is 10.7. The van der Waals surface area contributed by atoms with E-state index >= 15 is 0 Å². The maximum atomic E-state index is 4.49. The van der Waals surface area contributed by atoms with Crippen molar-refractivity contribution in [3.8, 4) is 0 Å². The minimum Gasteiger partial charge on any atom is -0.0993 e. The molecule has 0 radical (unpaired) electrons. The van der Waals surface area contributed by atoms with Crippen LogP contribution in [-0.2, 0) is 0 Å². The van der Waals surface area contributed by atoms with Gasteiger partial charge >= 0.3 is 0 Å². The van der Waals surface area contributed by atoms with Gasteiger partial charge in [0.15, 0.2) is 0 Å². The Kier molecular flexibility index (Phi) is 3.79. The van der Waals surface area contributed by atoms with Crippen molar-refractivity contribution in [1.82, 2.24) is 0 Å². The van der Waals surface area contributed by atoms with Crippen molar-refractivity contribution in [3.05, 3.63) is 12.2 Å². The van der Waals surface area contributed by atoms with Gasteiger partial charge in [-0.3, -0.25) is 0 Å². The maximum Gasteiger partial charge on any atom is -0.00879 e. The molecule has 0 spiro atoms. The minimum absolute atomic E-state index is 0.497. The van der Waals surface area contributed by atoms with Crippen molar-refractivity contribution in [1.29, 1.82) is 0 Å². The molecule has 0 aromatic carbocycles. The maximum absolute atomic E-state index is 4.49. The van der Waals surface area contributed by atoms with E-state index in [1.54, 1.807) is 5.57 Å². The van der Waals surface area contributed by atoms with Crippen LogP contribution in [0.2, 0.25) is 0 Å². The Morgan fingerprint density at radius 2 is 1.74 bits per heavy atom. The molecule has 0 nitrogen and oxygen atoms in total. The van der Waals surface area contributed by atoms with Gasteiger partial charge in [-0.05, 0) is 91.8 Å². The lowest BCUT2D eigenvalue weighted by molar-refractivity contribution is -0.155. The van der Waals surface area contributed by atoms with Gasteiger partial charge in [-0.15, -0.1) is 0 Å². The van der Waals surface area contributed by atoms with E-state index in [9.17, 15) is 0 Å². The predicted molar refractivity (Wildman–Crippen MR) is 99.3 cm³/mol. The van der Waals surface area contributed by atoms with Crippen molar-refractivity contribution in [2.45, 2.75) is 97.8 Å². The lowest BCUT2D eigenvalue weighted by Crippen LogP contribution is -2.57. The predicted octanol–water partition coefficient (Wildman–Crippen LogP) is 7.15. The van der Waals surface area contributed by atoms with E-state index in [0.29, 0.717) is 16.2 Å². The van der Waals surface area contributed by atoms with E-state index in [0.717, 1.165) is 17.8 Å². The van der Waals surface area contributed by atoms with Crippen LogP contribution in [0.1, 0.15) is 97.8 Å². The van der Waals surface area contributed by atoms with Gasteiger partial charge in [-0.2, -0.15) is 0 Å². The van der Waals surface area contributed by atoms with Crippen LogP contribution in [0.5, 0.6) is 0 Å². The lowest BCUT2D eigenvalue weighted by atomic mass is 9.39. The van der Waals surface area contributed by atoms with Gasteiger partial charge in [0.1, 0.15) is 0 Å². The first-order valence-electron chi connectivity index (χ1n) is 10.7. The highest BCUT2D eigenvalue weighted by Gasteiger charge is 2.62. The molecular weight excluding hydrogens is 276 g/mol. The summed E-state index contributed by atoms with van der Waals surface area (Å²) < 4.78 is 0. The van der Waals surface area contributed by atoms with E-state index < -0.39 is 0 Å². The van der Waals surface area contributed by atoms with Crippen LogP contribution in [0.25, 0.3) is 0 Å². The number of hydrogen-bond acceptors (Lipinski definition) is 0. The molecule has 4 fully saturated rings. The summed E-state index contributed by atoms with van der Waals surface area (Å²) in [5.41, 5.74) is 3.44. The fourth-order valence-corrected chi connectivity index (χ4v) is 8.34. The largest absolute Gasteiger partial charge is 0.0993 e. The summed E-state index contributed by atoms with van der Waals surface area (Å²) in [4.78, 5) is 0. The third-order valence-corrected chi connectivity index (χ3v) is 9.71. The zero-order valence-electron chi connectivity index (χ0n) is 15.9. The van der Waals surface area contributed by atoms with Gasteiger partial charge in [0, 0.05) is 0 Å². The summed E-state index contributed by atoms with van der Waals surface area (Å²) in [6.45, 7) is 12.2. The second-order valence-corrected chi connectivity index (χ2v) is 10.2. The molecule has 4 aliphatic rings. The average molecular weight is 315 g/mol. The van der Waals surface area contributed by atoms with E-state index in [-0.39, 0.29) is 0 Å². The molecule has 130 valence electrons. The zero-order chi connectivity index (χ0) is 16.3. The Morgan fingerprint density at radius 1 is 0.957 bits per heavy atom. The van der Waals surface area contributed by atoms with Crippen LogP contribution >= 0.6 is 0 Å². The SMILES string of the molecule is C=C1CCC2C3CCC4(CCC)CCCCC4(C)C3CCC12C. The summed E-state index contributed by atoms with van der Waals surface area (Å²) in [7, 11) is 0. The van der Waals surface area contributed by atoms with Gasteiger partial charge in [0.25, 0.3) is 0 Å². The van der Waals surface area contributed by atoms with Crippen LogP contribution < -0.4 is 0 Å². The molecule has 6 unspecified atom stereocenters. The Hall–Kier alpha value is -0.260. The fraction of sp³-hybridized carbons (Fsp3) is 0.913. The van der Waals surface area contributed by atoms with Crippen LogP contribution in [0, 0.1) is 34.0 Å². The first kappa shape index (κ1) is 16.2. The zero-order valence-corrected chi connectivity index (χ0v) is 15.9. The van der Waals surface area contributed by atoms with Crippen molar-refractivity contribution in [2.75, 3.05) is 0 Å². The molecule has 4 saturated carbocycles. The summed E-state index contributed by atoms with van der Waals surface area (Å²) in [5.74, 6) is 3.00. The molecular formula is C23H38. The van der Waals surface area contributed by atoms with Crippen molar-refractivity contribution in [3.63, 3.8) is 0 Å². The van der Waals surface area contributed by atoms with Gasteiger partial charge in [-0.25, -0.2) is 0 Å². The topological polar surface area (TPSA) is 0 Å². The molecule has 0 N–H and O–H groups in total. The van der Waals surface area contributed by atoms with E-state index in [2.05, 4.69) is 27.4 Å². The van der Waals surface area contributed by atoms with Crippen molar-refractivity contribution < 1.29 is 0 Å². The molecule has 4 aliphatic carbocycles. The monoisotopic (exact) mass is 314 g/mol. The van der Waals surface area contributed by atoms with Crippen LogP contribution in [0.4, 0.5) is 0 Å². The van der Waals surface area contributed by atoms with E-state index in [4.69, 9.17) is 0 Å². The summed E-state index contributed by atoms with van der Waals surface area (Å²) >= 11 is 0. The minimum atomic E-state index is 0.497. The molecule has 0 aromatic heterocycles. The molecule has 23 heavy (non-hydrogen) atoms. The number of fused-ring (bicyclic) bond motifs is 5. The van der Waals surface area contributed by atoms with Gasteiger partial charge in [0.2, 0.25) is 0 Å². The van der Waals surface area contributed by atoms with Crippen LogP contribution in [0.3, 0.4) is 0 Å². The molecule has 0 bridgehead atoms. The Bertz CT molecular complexity index is 486. The van der Waals surface area contributed by atoms with Crippen molar-refractivity contribution >= 4 is 0 Å². The molecule has 0 heteroatoms. The van der Waals surface area contributed by atoms with Gasteiger partial charge < -0.3 is 0 Å². The second-order valence-electron chi connectivity index (χ2n) is 10.2. The van der Waals surface area contributed by atoms with E-state index in [1.807, 2.05) is 0 Å². The van der Waals surface area contributed by atoms with E-state index in [1.165, 1.54) is 77.0 Å². The highest BCUT2D eigenvalue weighted by Crippen LogP contribution is 2.71. The Labute approximate surface area is 144 Å². The summed E-state index contributed by atoms with van der Waals surface area (Å²) in [5, 5.41) is 0. The average Bonchev–Trinajstić information content (AvgIpc) is 2.84. The number of hydrogen-bond donors (Lipinski definition) is 0. The fourth-order valence-electron chi connectivity index (χ4n) is 8.34. The molecule has 6 atom stereocenters. The second kappa shape index (κ2) is 5.37. The smallest absolute Gasteiger partial charge is 0.00879 e. The van der Waals surface area contributed by atoms with Crippen LogP contribution in [0.15, 0.2) is 12.2 Å². The van der Waals surface area contributed by atoms with Crippen LogP contribution in [-0.4, -0.2) is 0 Å². The molecule has 0 aromatic rings. The highest BCUT2D eigenvalue weighted by molar-refractivity contribution is 5.22. The number of allylic oxidation sites excluding steroid dienone is 1. The quantitative estimate of drug-likeness (QED) is 0.475. The first-order chi connectivity index (χ1) is 11.0. The highest BCUT2D eigenvalue weighted by atomic mass is 14.7. The van der Waals surface area contributed by atoms with Gasteiger partial charge in [-0.1, -0.05) is 52.2 Å². The molecule has 0 amide bonds. The van der Waals surface area contributed by atoms with Crippen molar-refractivity contribution in [2.24, 2.45) is 34.0 Å². The lowest BCUT2D eigenvalue weighted by Gasteiger charge is -2.65. The Balaban J connectivity index is 1.69. The molecule has 0 heterocycles. The van der Waals surface area contributed by atoms with Gasteiger partial charge in [0.05, 0.1) is 0 Å². The molecule has 0 aliphatic heterocycles.